The minimum Gasteiger partial charge on any atom is -0.370 e. The minimum absolute atomic E-state index is 0.873. The Kier molecular flexibility index (Phi) is 4.74. The van der Waals surface area contributed by atoms with Crippen molar-refractivity contribution >= 4 is 23.0 Å². The van der Waals surface area contributed by atoms with Crippen LogP contribution < -0.4 is 10.2 Å². The van der Waals surface area contributed by atoms with Gasteiger partial charge in [0.1, 0.15) is 18.0 Å². The van der Waals surface area contributed by atoms with E-state index in [1.165, 1.54) is 10.4 Å². The van der Waals surface area contributed by atoms with Gasteiger partial charge in [-0.3, -0.25) is 0 Å². The molecule has 2 aromatic rings. The maximum Gasteiger partial charge on any atom is 0.137 e. The lowest BCUT2D eigenvalue weighted by atomic mass is 10.2. The van der Waals surface area contributed by atoms with Crippen molar-refractivity contribution in [2.75, 3.05) is 23.8 Å². The molecule has 1 N–H and O–H groups in total. The molecule has 0 radical (unpaired) electrons. The van der Waals surface area contributed by atoms with E-state index < -0.39 is 0 Å². The first kappa shape index (κ1) is 13.8. The predicted octanol–water partition coefficient (Wildman–Crippen LogP) is 3.17. The van der Waals surface area contributed by atoms with E-state index in [9.17, 15) is 0 Å². The lowest BCUT2D eigenvalue weighted by Gasteiger charge is -2.21. The van der Waals surface area contributed by atoms with E-state index in [0.717, 1.165) is 31.1 Å². The predicted molar refractivity (Wildman–Crippen MR) is 82.0 cm³/mol. The second-order valence-corrected chi connectivity index (χ2v) is 5.38. The highest BCUT2D eigenvalue weighted by atomic mass is 32.1. The van der Waals surface area contributed by atoms with Gasteiger partial charge in [0.25, 0.3) is 0 Å². The molecule has 102 valence electrons. The Hall–Kier alpha value is -1.62. The monoisotopic (exact) mass is 276 g/mol. The van der Waals surface area contributed by atoms with Crippen LogP contribution in [0.25, 0.3) is 0 Å². The summed E-state index contributed by atoms with van der Waals surface area (Å²) in [5.41, 5.74) is 1.18. The molecule has 19 heavy (non-hydrogen) atoms. The maximum absolute atomic E-state index is 4.45. The largest absolute Gasteiger partial charge is 0.370 e. The van der Waals surface area contributed by atoms with Gasteiger partial charge in [-0.25, -0.2) is 9.97 Å². The Balaban J connectivity index is 2.25. The van der Waals surface area contributed by atoms with Crippen molar-refractivity contribution in [3.63, 3.8) is 0 Å². The summed E-state index contributed by atoms with van der Waals surface area (Å²) in [5, 5.41) is 5.41. The summed E-state index contributed by atoms with van der Waals surface area (Å²) >= 11 is 1.77. The molecule has 0 aliphatic carbocycles. The van der Waals surface area contributed by atoms with Gasteiger partial charge in [0.05, 0.1) is 6.54 Å². The number of hydrogen-bond acceptors (Lipinski definition) is 5. The van der Waals surface area contributed by atoms with Gasteiger partial charge in [0.2, 0.25) is 0 Å². The molecular formula is C14H20N4S. The van der Waals surface area contributed by atoms with E-state index in [4.69, 9.17) is 0 Å². The van der Waals surface area contributed by atoms with Crippen LogP contribution in [0.5, 0.6) is 0 Å². The first-order valence-corrected chi connectivity index (χ1v) is 7.45. The number of nitrogens with one attached hydrogen (secondary N) is 1. The van der Waals surface area contributed by atoms with Crippen molar-refractivity contribution in [1.82, 2.24) is 9.97 Å². The van der Waals surface area contributed by atoms with E-state index in [-0.39, 0.29) is 0 Å². The Morgan fingerprint density at radius 1 is 1.32 bits per heavy atom. The fourth-order valence-electron chi connectivity index (χ4n) is 2.09. The molecule has 0 spiro atoms. The van der Waals surface area contributed by atoms with E-state index in [1.54, 1.807) is 17.7 Å². The Morgan fingerprint density at radius 2 is 2.16 bits per heavy atom. The Bertz CT molecular complexity index is 510. The van der Waals surface area contributed by atoms with E-state index in [2.05, 4.69) is 58.6 Å². The van der Waals surface area contributed by atoms with Crippen LogP contribution in [0.3, 0.4) is 0 Å². The van der Waals surface area contributed by atoms with Crippen LogP contribution >= 0.6 is 11.3 Å². The summed E-state index contributed by atoms with van der Waals surface area (Å²) in [6.45, 7) is 5.98. The first-order valence-electron chi connectivity index (χ1n) is 6.57. The third-order valence-electron chi connectivity index (χ3n) is 2.96. The number of anilines is 2. The number of thiophene rings is 1. The minimum atomic E-state index is 0.873. The van der Waals surface area contributed by atoms with E-state index in [1.807, 2.05) is 0 Å². The second kappa shape index (κ2) is 6.52. The summed E-state index contributed by atoms with van der Waals surface area (Å²) in [6.07, 6.45) is 2.56. The third-order valence-corrected chi connectivity index (χ3v) is 3.82. The van der Waals surface area contributed by atoms with Gasteiger partial charge in [-0.2, -0.15) is 0 Å². The summed E-state index contributed by atoms with van der Waals surface area (Å²) in [4.78, 5) is 12.3. The number of nitrogens with zero attached hydrogens (tertiary/aromatic N) is 3. The van der Waals surface area contributed by atoms with Crippen molar-refractivity contribution in [1.29, 1.82) is 0 Å². The average molecular weight is 276 g/mol. The number of rotatable bonds is 6. The highest BCUT2D eigenvalue weighted by Crippen LogP contribution is 2.25. The molecule has 0 amide bonds. The quantitative estimate of drug-likeness (QED) is 0.880. The summed E-state index contributed by atoms with van der Waals surface area (Å²) in [5.74, 6) is 1.97. The molecule has 4 nitrogen and oxygen atoms in total. The Morgan fingerprint density at radius 3 is 2.79 bits per heavy atom. The topological polar surface area (TPSA) is 41.1 Å². The second-order valence-electron chi connectivity index (χ2n) is 4.34. The highest BCUT2D eigenvalue weighted by Gasteiger charge is 2.13. The highest BCUT2D eigenvalue weighted by molar-refractivity contribution is 7.09. The van der Waals surface area contributed by atoms with E-state index in [0.29, 0.717) is 0 Å². The molecule has 2 heterocycles. The van der Waals surface area contributed by atoms with Gasteiger partial charge < -0.3 is 10.2 Å². The first-order chi connectivity index (χ1) is 9.26. The van der Waals surface area contributed by atoms with Gasteiger partial charge in [-0.1, -0.05) is 13.0 Å². The SMILES string of the molecule is CCNc1ncnc(N(C)Cc2cccs2)c1CC. The lowest BCUT2D eigenvalue weighted by molar-refractivity contribution is 0.880. The number of hydrogen-bond donors (Lipinski definition) is 1. The molecule has 2 rings (SSSR count). The van der Waals surface area contributed by atoms with Crippen LogP contribution in [0.4, 0.5) is 11.6 Å². The molecule has 0 bridgehead atoms. The van der Waals surface area contributed by atoms with Gasteiger partial charge in [0, 0.05) is 24.0 Å². The molecule has 0 aliphatic rings. The average Bonchev–Trinajstić information content (AvgIpc) is 2.91. The maximum atomic E-state index is 4.45. The third kappa shape index (κ3) is 3.23. The molecule has 0 unspecified atom stereocenters. The van der Waals surface area contributed by atoms with Crippen LogP contribution in [0.15, 0.2) is 23.8 Å². The zero-order valence-corrected chi connectivity index (χ0v) is 12.5. The molecule has 0 aromatic carbocycles. The Labute approximate surface area is 118 Å². The normalized spacial score (nSPS) is 10.5. The molecule has 0 aliphatic heterocycles. The molecule has 0 saturated heterocycles. The lowest BCUT2D eigenvalue weighted by Crippen LogP contribution is -2.20. The number of aromatic nitrogens is 2. The van der Waals surface area contributed by atoms with Crippen LogP contribution in [0, 0.1) is 0 Å². The van der Waals surface area contributed by atoms with Crippen molar-refractivity contribution in [3.05, 3.63) is 34.3 Å². The van der Waals surface area contributed by atoms with Gasteiger partial charge >= 0.3 is 0 Å². The summed E-state index contributed by atoms with van der Waals surface area (Å²) in [6, 6.07) is 4.23. The zero-order chi connectivity index (χ0) is 13.7. The fraction of sp³-hybridized carbons (Fsp3) is 0.429. The molecule has 2 aromatic heterocycles. The standard InChI is InChI=1S/C14H20N4S/c1-4-12-13(15-5-2)16-10-17-14(12)18(3)9-11-7-6-8-19-11/h6-8,10H,4-5,9H2,1-3H3,(H,15,16,17). The van der Waals surface area contributed by atoms with Crippen LogP contribution in [0.2, 0.25) is 0 Å². The smallest absolute Gasteiger partial charge is 0.137 e. The van der Waals surface area contributed by atoms with Gasteiger partial charge in [-0.15, -0.1) is 11.3 Å². The van der Waals surface area contributed by atoms with Crippen molar-refractivity contribution in [3.8, 4) is 0 Å². The molecule has 0 atom stereocenters. The van der Waals surface area contributed by atoms with Gasteiger partial charge in [0.15, 0.2) is 0 Å². The molecular weight excluding hydrogens is 256 g/mol. The summed E-state index contributed by atoms with van der Waals surface area (Å²) < 4.78 is 0. The van der Waals surface area contributed by atoms with Crippen LogP contribution in [-0.4, -0.2) is 23.6 Å². The fourth-order valence-corrected chi connectivity index (χ4v) is 2.85. The summed E-state index contributed by atoms with van der Waals surface area (Å²) in [7, 11) is 2.08. The van der Waals surface area contributed by atoms with Crippen LogP contribution in [-0.2, 0) is 13.0 Å². The van der Waals surface area contributed by atoms with Crippen molar-refractivity contribution in [2.24, 2.45) is 0 Å². The van der Waals surface area contributed by atoms with Crippen molar-refractivity contribution < 1.29 is 0 Å². The van der Waals surface area contributed by atoms with Crippen molar-refractivity contribution in [2.45, 2.75) is 26.8 Å². The molecule has 0 fully saturated rings. The zero-order valence-electron chi connectivity index (χ0n) is 11.7. The molecule has 0 saturated carbocycles. The van der Waals surface area contributed by atoms with Gasteiger partial charge in [-0.05, 0) is 24.8 Å². The molecule has 5 heteroatoms. The van der Waals surface area contributed by atoms with Crippen LogP contribution in [0.1, 0.15) is 24.3 Å². The van der Waals surface area contributed by atoms with E-state index >= 15 is 0 Å².